The predicted octanol–water partition coefficient (Wildman–Crippen LogP) is 6.25. The van der Waals surface area contributed by atoms with E-state index in [1.165, 1.54) is 32.1 Å². The van der Waals surface area contributed by atoms with E-state index in [4.69, 9.17) is 13.9 Å². The van der Waals surface area contributed by atoms with Crippen LogP contribution in [0.5, 0.6) is 11.5 Å². The maximum atomic E-state index is 13.5. The summed E-state index contributed by atoms with van der Waals surface area (Å²) in [5.74, 6) is 2.01. The highest BCUT2D eigenvalue weighted by atomic mass is 16.5. The van der Waals surface area contributed by atoms with E-state index in [-0.39, 0.29) is 24.4 Å². The van der Waals surface area contributed by atoms with Crippen LogP contribution in [0, 0.1) is 0 Å². The summed E-state index contributed by atoms with van der Waals surface area (Å²) in [6, 6.07) is 9.41. The molecule has 0 aliphatic carbocycles. The topological polar surface area (TPSA) is 72.2 Å². The predicted molar refractivity (Wildman–Crippen MR) is 147 cm³/mol. The molecular formula is C30H46N2O5. The highest BCUT2D eigenvalue weighted by Crippen LogP contribution is 2.28. The molecule has 0 bridgehead atoms. The molecule has 37 heavy (non-hydrogen) atoms. The summed E-state index contributed by atoms with van der Waals surface area (Å²) in [5, 5.41) is 0. The van der Waals surface area contributed by atoms with Crippen LogP contribution >= 0.6 is 0 Å². The monoisotopic (exact) mass is 514 g/mol. The first-order chi connectivity index (χ1) is 17.9. The molecule has 0 N–H and O–H groups in total. The Hall–Kier alpha value is -2.96. The van der Waals surface area contributed by atoms with Gasteiger partial charge in [-0.3, -0.25) is 9.59 Å². The molecule has 7 nitrogen and oxygen atoms in total. The average molecular weight is 515 g/mol. The average Bonchev–Trinajstić information content (AvgIpc) is 3.41. The van der Waals surface area contributed by atoms with Gasteiger partial charge in [0.05, 0.1) is 33.6 Å². The summed E-state index contributed by atoms with van der Waals surface area (Å²) in [6.07, 6.45) is 10.9. The molecule has 2 rings (SSSR count). The van der Waals surface area contributed by atoms with Crippen molar-refractivity contribution >= 4 is 11.8 Å². The minimum absolute atomic E-state index is 0.0442. The third kappa shape index (κ3) is 10.5. The normalized spacial score (nSPS) is 11.0. The van der Waals surface area contributed by atoms with Gasteiger partial charge in [0.1, 0.15) is 5.76 Å². The second-order valence-electron chi connectivity index (χ2n) is 9.82. The van der Waals surface area contributed by atoms with Gasteiger partial charge in [0.15, 0.2) is 11.5 Å². The van der Waals surface area contributed by atoms with E-state index in [0.29, 0.717) is 43.2 Å². The lowest BCUT2D eigenvalue weighted by molar-refractivity contribution is -0.142. The van der Waals surface area contributed by atoms with E-state index in [9.17, 15) is 9.59 Å². The highest BCUT2D eigenvalue weighted by molar-refractivity contribution is 5.85. The number of furan rings is 1. The van der Waals surface area contributed by atoms with Gasteiger partial charge in [-0.05, 0) is 56.5 Å². The zero-order valence-corrected chi connectivity index (χ0v) is 23.5. The number of hydrogen-bond donors (Lipinski definition) is 0. The quantitative estimate of drug-likeness (QED) is 0.220. The molecule has 0 aliphatic heterocycles. The zero-order chi connectivity index (χ0) is 27.0. The van der Waals surface area contributed by atoms with Crippen molar-refractivity contribution in [1.82, 2.24) is 9.80 Å². The highest BCUT2D eigenvalue weighted by Gasteiger charge is 2.24. The maximum Gasteiger partial charge on any atom is 0.242 e. The van der Waals surface area contributed by atoms with Crippen molar-refractivity contribution < 1.29 is 23.5 Å². The molecule has 0 unspecified atom stereocenters. The number of carbonyl (C=O) groups excluding carboxylic acids is 2. The number of ether oxygens (including phenoxy) is 2. The molecule has 0 fully saturated rings. The third-order valence-corrected chi connectivity index (χ3v) is 6.64. The fraction of sp³-hybridized carbons (Fsp3) is 0.600. The number of hydrogen-bond acceptors (Lipinski definition) is 5. The summed E-state index contributed by atoms with van der Waals surface area (Å²) in [5.41, 5.74) is 1.03. The van der Waals surface area contributed by atoms with Crippen molar-refractivity contribution in [2.75, 3.05) is 27.3 Å². The Kier molecular flexibility index (Phi) is 13.7. The summed E-state index contributed by atoms with van der Waals surface area (Å²) in [6.45, 7) is 7.07. The first-order valence-corrected chi connectivity index (χ1v) is 13.7. The Morgan fingerprint density at radius 2 is 1.62 bits per heavy atom. The van der Waals surface area contributed by atoms with Crippen LogP contribution in [0.15, 0.2) is 41.0 Å². The summed E-state index contributed by atoms with van der Waals surface area (Å²) in [4.78, 5) is 30.0. The van der Waals surface area contributed by atoms with Gasteiger partial charge >= 0.3 is 0 Å². The minimum atomic E-state index is -0.0847. The van der Waals surface area contributed by atoms with Crippen molar-refractivity contribution in [3.8, 4) is 11.5 Å². The third-order valence-electron chi connectivity index (χ3n) is 6.64. The van der Waals surface area contributed by atoms with Crippen LogP contribution in [0.4, 0.5) is 0 Å². The van der Waals surface area contributed by atoms with E-state index in [1.54, 1.807) is 30.3 Å². The number of amides is 2. The Morgan fingerprint density at radius 1 is 0.919 bits per heavy atom. The molecular weight excluding hydrogens is 468 g/mol. The van der Waals surface area contributed by atoms with Crippen molar-refractivity contribution in [3.63, 3.8) is 0 Å². The fourth-order valence-electron chi connectivity index (χ4n) is 4.36. The number of carbonyl (C=O) groups is 2. The van der Waals surface area contributed by atoms with Gasteiger partial charge < -0.3 is 23.7 Å². The number of rotatable bonds is 18. The molecule has 1 aromatic carbocycles. The molecule has 7 heteroatoms. The van der Waals surface area contributed by atoms with E-state index in [0.717, 1.165) is 18.4 Å². The Labute approximate surface area is 223 Å². The molecule has 2 amide bonds. The number of nitrogens with zero attached hydrogens (tertiary/aromatic N) is 2. The van der Waals surface area contributed by atoms with Crippen molar-refractivity contribution in [3.05, 3.63) is 47.9 Å². The number of methoxy groups -OCH3 is 2. The minimum Gasteiger partial charge on any atom is -0.493 e. The molecule has 2 aromatic rings. The van der Waals surface area contributed by atoms with Gasteiger partial charge in [-0.15, -0.1) is 0 Å². The zero-order valence-electron chi connectivity index (χ0n) is 23.5. The largest absolute Gasteiger partial charge is 0.493 e. The lowest BCUT2D eigenvalue weighted by Crippen LogP contribution is -2.46. The molecule has 0 saturated heterocycles. The molecule has 0 saturated carbocycles. The van der Waals surface area contributed by atoms with Crippen molar-refractivity contribution in [2.24, 2.45) is 0 Å². The van der Waals surface area contributed by atoms with Gasteiger partial charge in [0.2, 0.25) is 11.8 Å². The van der Waals surface area contributed by atoms with Crippen LogP contribution in [-0.2, 0) is 22.6 Å². The van der Waals surface area contributed by atoms with Crippen LogP contribution in [0.3, 0.4) is 0 Å². The van der Waals surface area contributed by atoms with Gasteiger partial charge in [-0.2, -0.15) is 0 Å². The van der Waals surface area contributed by atoms with E-state index in [1.807, 2.05) is 44.2 Å². The van der Waals surface area contributed by atoms with Crippen LogP contribution in [0.2, 0.25) is 0 Å². The van der Waals surface area contributed by atoms with Gasteiger partial charge in [0, 0.05) is 19.0 Å². The number of unbranched alkanes of at least 4 members (excludes halogenated alkanes) is 6. The molecule has 1 heterocycles. The lowest BCUT2D eigenvalue weighted by atomic mass is 10.1. The Balaban J connectivity index is 2.00. The molecule has 206 valence electrons. The standard InChI is InChI=1S/C30H46N2O5/c1-6-7-8-9-10-11-12-15-29(33)32(24(2)3)23-30(34)31(22-26-14-13-20-37-26)19-18-25-16-17-27(35-4)28(21-25)36-5/h13-14,16-17,20-21,24H,6-12,15,18-19,22-23H2,1-5H3. The first kappa shape index (κ1) is 30.3. The summed E-state index contributed by atoms with van der Waals surface area (Å²) < 4.78 is 16.3. The van der Waals surface area contributed by atoms with Crippen LogP contribution in [0.25, 0.3) is 0 Å². The Morgan fingerprint density at radius 3 is 2.24 bits per heavy atom. The van der Waals surface area contributed by atoms with Crippen molar-refractivity contribution in [2.45, 2.75) is 91.1 Å². The smallest absolute Gasteiger partial charge is 0.242 e. The van der Waals surface area contributed by atoms with Gasteiger partial charge in [-0.25, -0.2) is 0 Å². The van der Waals surface area contributed by atoms with E-state index in [2.05, 4.69) is 6.92 Å². The summed E-state index contributed by atoms with van der Waals surface area (Å²) >= 11 is 0. The van der Waals surface area contributed by atoms with Gasteiger partial charge in [-0.1, -0.05) is 51.5 Å². The van der Waals surface area contributed by atoms with Crippen molar-refractivity contribution in [1.29, 1.82) is 0 Å². The maximum absolute atomic E-state index is 13.5. The molecule has 1 aromatic heterocycles. The van der Waals surface area contributed by atoms with E-state index >= 15 is 0 Å². The molecule has 0 atom stereocenters. The second kappa shape index (κ2) is 16.7. The number of benzene rings is 1. The van der Waals surface area contributed by atoms with Gasteiger partial charge in [0.25, 0.3) is 0 Å². The molecule has 0 aliphatic rings. The van der Waals surface area contributed by atoms with Crippen LogP contribution in [-0.4, -0.2) is 55.0 Å². The second-order valence-corrected chi connectivity index (χ2v) is 9.82. The fourth-order valence-corrected chi connectivity index (χ4v) is 4.36. The van der Waals surface area contributed by atoms with Crippen LogP contribution in [0.1, 0.15) is 83.5 Å². The Bertz CT molecular complexity index is 926. The first-order valence-electron chi connectivity index (χ1n) is 13.7. The summed E-state index contributed by atoms with van der Waals surface area (Å²) in [7, 11) is 3.22. The lowest BCUT2D eigenvalue weighted by Gasteiger charge is -2.30. The molecule has 0 radical (unpaired) electrons. The SMILES string of the molecule is CCCCCCCCCC(=O)N(CC(=O)N(CCc1ccc(OC)c(OC)c1)Cc1ccco1)C(C)C. The van der Waals surface area contributed by atoms with Crippen LogP contribution < -0.4 is 9.47 Å². The van der Waals surface area contributed by atoms with E-state index < -0.39 is 0 Å². The molecule has 0 spiro atoms.